The van der Waals surface area contributed by atoms with Crippen molar-refractivity contribution < 1.29 is 9.59 Å². The maximum Gasteiger partial charge on any atom is 0.262 e. The van der Waals surface area contributed by atoms with Gasteiger partial charge in [-0.15, -0.1) is 0 Å². The Kier molecular flexibility index (Phi) is 3.35. The van der Waals surface area contributed by atoms with Crippen LogP contribution in [-0.4, -0.2) is 32.4 Å². The third-order valence-corrected chi connectivity index (χ3v) is 6.79. The Bertz CT molecular complexity index is 1310. The summed E-state index contributed by atoms with van der Waals surface area (Å²) < 4.78 is 1.55. The number of rotatable bonds is 0. The third-order valence-electron chi connectivity index (χ3n) is 6.79. The maximum atomic E-state index is 13.5. The zero-order chi connectivity index (χ0) is 20.7. The van der Waals surface area contributed by atoms with Crippen LogP contribution in [-0.2, 0) is 9.59 Å². The molecule has 6 rings (SSSR count). The van der Waals surface area contributed by atoms with Crippen molar-refractivity contribution in [2.24, 2.45) is 0 Å². The molecule has 30 heavy (non-hydrogen) atoms. The topological polar surface area (TPSA) is 75.5 Å². The Labute approximate surface area is 172 Å². The van der Waals surface area contributed by atoms with Gasteiger partial charge in [-0.25, -0.2) is 4.98 Å². The smallest absolute Gasteiger partial charge is 0.262 e. The number of anilines is 1. The first-order valence-electron chi connectivity index (χ1n) is 10.2. The number of hydrogen-bond donors (Lipinski definition) is 0. The molecule has 1 saturated heterocycles. The fourth-order valence-corrected chi connectivity index (χ4v) is 5.58. The molecule has 0 aliphatic carbocycles. The second-order valence-corrected chi connectivity index (χ2v) is 8.30. The molecule has 7 nitrogen and oxygen atoms in total. The summed E-state index contributed by atoms with van der Waals surface area (Å²) in [6, 6.07) is 14.1. The maximum absolute atomic E-state index is 13.5. The van der Waals surface area contributed by atoms with E-state index in [1.54, 1.807) is 27.4 Å². The van der Waals surface area contributed by atoms with E-state index in [4.69, 9.17) is 4.98 Å². The highest BCUT2D eigenvalue weighted by atomic mass is 16.2. The molecule has 1 aromatic heterocycles. The molecule has 3 aromatic rings. The van der Waals surface area contributed by atoms with E-state index < -0.39 is 6.04 Å². The number of nitrogens with zero attached hydrogens (tertiary/aromatic N) is 4. The number of amides is 2. The average molecular weight is 400 g/mol. The molecular weight excluding hydrogens is 380 g/mol. The quantitative estimate of drug-likeness (QED) is 0.582. The second-order valence-electron chi connectivity index (χ2n) is 8.30. The van der Waals surface area contributed by atoms with Gasteiger partial charge in [-0.2, -0.15) is 0 Å². The minimum absolute atomic E-state index is 0.00109. The molecular formula is C23H20N4O3. The van der Waals surface area contributed by atoms with Crippen molar-refractivity contribution in [2.75, 3.05) is 4.90 Å². The summed E-state index contributed by atoms with van der Waals surface area (Å²) in [4.78, 5) is 47.7. The van der Waals surface area contributed by atoms with Crippen LogP contribution in [0.4, 0.5) is 5.69 Å². The molecule has 1 fully saturated rings. The van der Waals surface area contributed by atoms with E-state index in [1.165, 1.54) is 6.92 Å². The van der Waals surface area contributed by atoms with E-state index in [0.29, 0.717) is 23.1 Å². The Morgan fingerprint density at radius 1 is 1.07 bits per heavy atom. The van der Waals surface area contributed by atoms with E-state index in [0.717, 1.165) is 11.3 Å². The molecule has 0 radical (unpaired) electrons. The molecule has 7 heteroatoms. The van der Waals surface area contributed by atoms with Crippen LogP contribution in [0.5, 0.6) is 0 Å². The number of benzene rings is 2. The largest absolute Gasteiger partial charge is 0.309 e. The Morgan fingerprint density at radius 2 is 1.80 bits per heavy atom. The van der Waals surface area contributed by atoms with Gasteiger partial charge in [-0.1, -0.05) is 30.3 Å². The van der Waals surface area contributed by atoms with Gasteiger partial charge in [-0.3, -0.25) is 23.9 Å². The summed E-state index contributed by atoms with van der Waals surface area (Å²) >= 11 is 0. The van der Waals surface area contributed by atoms with Crippen molar-refractivity contribution >= 4 is 28.4 Å². The molecule has 2 amide bonds. The van der Waals surface area contributed by atoms with Crippen LogP contribution in [0.25, 0.3) is 10.9 Å². The van der Waals surface area contributed by atoms with Gasteiger partial charge in [0.05, 0.1) is 16.9 Å². The zero-order valence-electron chi connectivity index (χ0n) is 16.6. The van der Waals surface area contributed by atoms with Gasteiger partial charge in [0.15, 0.2) is 0 Å². The van der Waals surface area contributed by atoms with Crippen molar-refractivity contribution in [1.82, 2.24) is 14.5 Å². The normalized spacial score (nSPS) is 26.4. The predicted molar refractivity (Wildman–Crippen MR) is 111 cm³/mol. The van der Waals surface area contributed by atoms with Crippen molar-refractivity contribution in [3.05, 3.63) is 70.3 Å². The zero-order valence-corrected chi connectivity index (χ0v) is 16.6. The van der Waals surface area contributed by atoms with Crippen LogP contribution in [0, 0.1) is 0 Å². The van der Waals surface area contributed by atoms with E-state index in [2.05, 4.69) is 0 Å². The highest BCUT2D eigenvalue weighted by Crippen LogP contribution is 2.55. The van der Waals surface area contributed by atoms with Crippen LogP contribution < -0.4 is 10.5 Å². The number of hydrogen-bond acceptors (Lipinski definition) is 4. The van der Waals surface area contributed by atoms with E-state index in [9.17, 15) is 14.4 Å². The van der Waals surface area contributed by atoms with Crippen molar-refractivity contribution in [3.8, 4) is 0 Å². The van der Waals surface area contributed by atoms with Crippen LogP contribution >= 0.6 is 0 Å². The number of carbonyl (C=O) groups is 2. The third kappa shape index (κ3) is 1.99. The van der Waals surface area contributed by atoms with E-state index in [1.807, 2.05) is 42.5 Å². The molecule has 4 heterocycles. The van der Waals surface area contributed by atoms with Crippen molar-refractivity contribution in [3.63, 3.8) is 0 Å². The molecule has 2 aromatic carbocycles. The lowest BCUT2D eigenvalue weighted by atomic mass is 9.96. The lowest BCUT2D eigenvalue weighted by molar-refractivity contribution is -0.140. The number of aromatic nitrogens is 2. The second kappa shape index (κ2) is 5.78. The summed E-state index contributed by atoms with van der Waals surface area (Å²) in [5, 5.41) is 0.517. The van der Waals surface area contributed by atoms with Crippen molar-refractivity contribution in [1.29, 1.82) is 0 Å². The van der Waals surface area contributed by atoms with Gasteiger partial charge in [0.1, 0.15) is 18.0 Å². The first-order chi connectivity index (χ1) is 14.5. The number of para-hydroxylation sites is 2. The molecule has 4 atom stereocenters. The first kappa shape index (κ1) is 17.4. The molecule has 0 spiro atoms. The Morgan fingerprint density at radius 3 is 2.60 bits per heavy atom. The summed E-state index contributed by atoms with van der Waals surface area (Å²) in [5.74, 6) is 0.381. The molecule has 0 saturated carbocycles. The van der Waals surface area contributed by atoms with Gasteiger partial charge in [-0.05, 0) is 37.1 Å². The summed E-state index contributed by atoms with van der Waals surface area (Å²) in [6.45, 7) is 3.28. The summed E-state index contributed by atoms with van der Waals surface area (Å²) in [7, 11) is 0. The van der Waals surface area contributed by atoms with Gasteiger partial charge in [0, 0.05) is 18.5 Å². The standard InChI is InChI=1S/C23H20N4O3/c1-12-22(29)27-19(20-24-17-9-5-3-8-15(17)23(30)25(12)20)11-16-14-7-4-6-10-18(14)26(13(2)28)21(16)27/h3-10,12,16,19,21H,11H2,1-2H3/t12-,16-,19+,21-/m1/s1. The van der Waals surface area contributed by atoms with E-state index >= 15 is 0 Å². The fraction of sp³-hybridized carbons (Fsp3) is 0.304. The Hall–Kier alpha value is -3.48. The molecule has 3 aliphatic rings. The molecule has 0 bridgehead atoms. The lowest BCUT2D eigenvalue weighted by Gasteiger charge is -2.41. The molecule has 0 unspecified atom stereocenters. The first-order valence-corrected chi connectivity index (χ1v) is 10.2. The van der Waals surface area contributed by atoms with Crippen molar-refractivity contribution in [2.45, 2.75) is 44.4 Å². The highest BCUT2D eigenvalue weighted by molar-refractivity contribution is 5.97. The highest BCUT2D eigenvalue weighted by Gasteiger charge is 2.57. The Balaban J connectivity index is 1.59. The predicted octanol–water partition coefficient (Wildman–Crippen LogP) is 2.72. The van der Waals surface area contributed by atoms with Crippen LogP contribution in [0.15, 0.2) is 53.3 Å². The van der Waals surface area contributed by atoms with Crippen LogP contribution in [0.2, 0.25) is 0 Å². The van der Waals surface area contributed by atoms with Crippen LogP contribution in [0.1, 0.15) is 49.7 Å². The number of carbonyl (C=O) groups excluding carboxylic acids is 2. The SMILES string of the molecule is CC(=O)N1c2ccccc2[C@H]2C[C@H]3c4nc5ccccc5c(=O)n4[C@H](C)C(=O)N3[C@H]21. The number of fused-ring (bicyclic) bond motifs is 8. The van der Waals surface area contributed by atoms with Gasteiger partial charge < -0.3 is 4.90 Å². The molecule has 0 N–H and O–H groups in total. The minimum atomic E-state index is -0.669. The van der Waals surface area contributed by atoms with Gasteiger partial charge in [0.2, 0.25) is 11.8 Å². The lowest BCUT2D eigenvalue weighted by Crippen LogP contribution is -2.55. The molecule has 150 valence electrons. The fourth-order valence-electron chi connectivity index (χ4n) is 5.58. The minimum Gasteiger partial charge on any atom is -0.309 e. The summed E-state index contributed by atoms with van der Waals surface area (Å²) in [5.41, 5.74) is 2.39. The monoisotopic (exact) mass is 400 g/mol. The summed E-state index contributed by atoms with van der Waals surface area (Å²) in [6.07, 6.45) is 0.256. The van der Waals surface area contributed by atoms with Gasteiger partial charge in [0.25, 0.3) is 5.56 Å². The molecule has 3 aliphatic heterocycles. The van der Waals surface area contributed by atoms with E-state index in [-0.39, 0.29) is 35.5 Å². The van der Waals surface area contributed by atoms with Crippen LogP contribution in [0.3, 0.4) is 0 Å². The average Bonchev–Trinajstić information content (AvgIpc) is 3.27. The van der Waals surface area contributed by atoms with Gasteiger partial charge >= 0.3 is 0 Å².